The highest BCUT2D eigenvalue weighted by atomic mass is 79.9. The first-order valence-electron chi connectivity index (χ1n) is 5.44. The van der Waals surface area contributed by atoms with Gasteiger partial charge in [-0.1, -0.05) is 0 Å². The van der Waals surface area contributed by atoms with Crippen molar-refractivity contribution in [2.45, 2.75) is 0 Å². The lowest BCUT2D eigenvalue weighted by Crippen LogP contribution is -2.15. The molecule has 1 aromatic heterocycles. The Morgan fingerprint density at radius 1 is 1.35 bits per heavy atom. The van der Waals surface area contributed by atoms with Crippen molar-refractivity contribution in [3.05, 3.63) is 50.4 Å². The second kappa shape index (κ2) is 6.15. The summed E-state index contributed by atoms with van der Waals surface area (Å²) in [6.45, 7) is 0. The Labute approximate surface area is 126 Å². The number of rotatable bonds is 3. The Morgan fingerprint density at radius 2 is 2.10 bits per heavy atom. The second-order valence-corrected chi connectivity index (χ2v) is 6.07. The van der Waals surface area contributed by atoms with E-state index in [1.165, 1.54) is 24.5 Å². The van der Waals surface area contributed by atoms with E-state index in [0.717, 1.165) is 15.9 Å². The molecule has 0 aliphatic carbocycles. The number of esters is 1. The van der Waals surface area contributed by atoms with Crippen molar-refractivity contribution in [2.75, 3.05) is 12.4 Å². The summed E-state index contributed by atoms with van der Waals surface area (Å²) in [5.41, 5.74) is 0.586. The zero-order valence-electron chi connectivity index (χ0n) is 10.3. The maximum absolute atomic E-state index is 13.3. The van der Waals surface area contributed by atoms with E-state index in [4.69, 9.17) is 0 Å². The van der Waals surface area contributed by atoms with E-state index in [9.17, 15) is 14.0 Å². The fourth-order valence-electron chi connectivity index (χ4n) is 1.53. The van der Waals surface area contributed by atoms with Crippen molar-refractivity contribution in [3.63, 3.8) is 0 Å². The van der Waals surface area contributed by atoms with Crippen LogP contribution in [0.3, 0.4) is 0 Å². The minimum atomic E-state index is -0.646. The fourth-order valence-corrected chi connectivity index (χ4v) is 2.67. The average molecular weight is 358 g/mol. The number of amides is 1. The first-order valence-corrected chi connectivity index (χ1v) is 7.12. The van der Waals surface area contributed by atoms with Crippen molar-refractivity contribution < 1.29 is 18.7 Å². The molecule has 104 valence electrons. The van der Waals surface area contributed by atoms with Crippen molar-refractivity contribution in [1.29, 1.82) is 0 Å². The van der Waals surface area contributed by atoms with Crippen LogP contribution in [0.5, 0.6) is 0 Å². The number of carbonyl (C=O) groups is 2. The predicted molar refractivity (Wildman–Crippen MR) is 77.7 cm³/mol. The predicted octanol–water partition coefficient (Wildman–Crippen LogP) is 3.69. The number of carbonyl (C=O) groups excluding carboxylic acids is 2. The van der Waals surface area contributed by atoms with Gasteiger partial charge < -0.3 is 10.1 Å². The summed E-state index contributed by atoms with van der Waals surface area (Å²) in [5, 5.41) is 4.15. The number of benzene rings is 1. The number of ether oxygens (including phenoxy) is 1. The molecule has 1 heterocycles. The van der Waals surface area contributed by atoms with Gasteiger partial charge in [0, 0.05) is 5.38 Å². The third-order valence-corrected chi connectivity index (χ3v) is 3.97. The van der Waals surface area contributed by atoms with E-state index in [1.54, 1.807) is 11.4 Å². The molecule has 1 N–H and O–H groups in total. The third kappa shape index (κ3) is 3.23. The molecule has 1 aromatic carbocycles. The van der Waals surface area contributed by atoms with Crippen LogP contribution in [-0.4, -0.2) is 19.0 Å². The van der Waals surface area contributed by atoms with Gasteiger partial charge in [0.15, 0.2) is 0 Å². The molecule has 0 aliphatic heterocycles. The van der Waals surface area contributed by atoms with Gasteiger partial charge in [-0.25, -0.2) is 9.18 Å². The normalized spacial score (nSPS) is 10.2. The topological polar surface area (TPSA) is 55.4 Å². The first kappa shape index (κ1) is 14.7. The van der Waals surface area contributed by atoms with Crippen LogP contribution < -0.4 is 5.32 Å². The van der Waals surface area contributed by atoms with E-state index in [1.807, 2.05) is 0 Å². The monoisotopic (exact) mass is 357 g/mol. The van der Waals surface area contributed by atoms with Gasteiger partial charge in [-0.3, -0.25) is 4.79 Å². The van der Waals surface area contributed by atoms with Gasteiger partial charge in [-0.05, 0) is 40.2 Å². The Kier molecular flexibility index (Phi) is 4.51. The molecule has 0 atom stereocenters. The van der Waals surface area contributed by atoms with Crippen LogP contribution in [0.15, 0.2) is 33.4 Å². The minimum Gasteiger partial charge on any atom is -0.465 e. The number of nitrogens with one attached hydrogen (secondary N) is 1. The number of hydrogen-bond acceptors (Lipinski definition) is 4. The van der Waals surface area contributed by atoms with Gasteiger partial charge in [0.25, 0.3) is 5.91 Å². The molecule has 0 spiro atoms. The molecule has 0 saturated carbocycles. The van der Waals surface area contributed by atoms with Crippen LogP contribution in [0.25, 0.3) is 0 Å². The Bertz CT molecular complexity index is 671. The van der Waals surface area contributed by atoms with Crippen molar-refractivity contribution in [3.8, 4) is 0 Å². The van der Waals surface area contributed by atoms with Crippen LogP contribution in [0.4, 0.5) is 10.1 Å². The van der Waals surface area contributed by atoms with Crippen LogP contribution in [-0.2, 0) is 4.74 Å². The van der Waals surface area contributed by atoms with E-state index in [0.29, 0.717) is 5.56 Å². The quantitative estimate of drug-likeness (QED) is 0.852. The largest absolute Gasteiger partial charge is 0.465 e. The summed E-state index contributed by atoms with van der Waals surface area (Å²) in [7, 11) is 1.22. The molecular weight excluding hydrogens is 349 g/mol. The minimum absolute atomic E-state index is 0.0733. The van der Waals surface area contributed by atoms with Gasteiger partial charge >= 0.3 is 5.97 Å². The Balaban J connectivity index is 2.30. The van der Waals surface area contributed by atoms with Gasteiger partial charge in [-0.15, -0.1) is 11.3 Å². The number of hydrogen-bond donors (Lipinski definition) is 1. The molecule has 4 nitrogen and oxygen atoms in total. The molecule has 0 fully saturated rings. The summed E-state index contributed by atoms with van der Waals surface area (Å²) in [5.74, 6) is -1.63. The maximum Gasteiger partial charge on any atom is 0.339 e. The van der Waals surface area contributed by atoms with E-state index < -0.39 is 17.7 Å². The number of methoxy groups -OCH3 is 1. The molecule has 0 unspecified atom stereocenters. The average Bonchev–Trinajstić information content (AvgIpc) is 2.85. The summed E-state index contributed by atoms with van der Waals surface area (Å²) in [6.07, 6.45) is 0. The highest BCUT2D eigenvalue weighted by Crippen LogP contribution is 2.23. The molecule has 2 rings (SSSR count). The molecular formula is C13H9BrFNO3S. The highest BCUT2D eigenvalue weighted by Gasteiger charge is 2.16. The van der Waals surface area contributed by atoms with Gasteiger partial charge in [-0.2, -0.15) is 0 Å². The first-order chi connectivity index (χ1) is 9.51. The zero-order chi connectivity index (χ0) is 14.7. The molecule has 1 amide bonds. The standard InChI is InChI=1S/C13H9BrFNO3S/c1-19-13(18)9-3-2-8(15)5-10(9)16-12(17)7-4-11(14)20-6-7/h2-6H,1H3,(H,16,17). The number of anilines is 1. The lowest BCUT2D eigenvalue weighted by molar-refractivity contribution is 0.0602. The van der Waals surface area contributed by atoms with Gasteiger partial charge in [0.1, 0.15) is 5.82 Å². The Morgan fingerprint density at radius 3 is 2.70 bits per heavy atom. The number of thiophene rings is 1. The molecule has 0 aliphatic rings. The fraction of sp³-hybridized carbons (Fsp3) is 0.0769. The van der Waals surface area contributed by atoms with Crippen molar-refractivity contribution >= 4 is 44.8 Å². The lowest BCUT2D eigenvalue weighted by Gasteiger charge is -2.09. The zero-order valence-corrected chi connectivity index (χ0v) is 12.7. The van der Waals surface area contributed by atoms with E-state index in [-0.39, 0.29) is 11.3 Å². The SMILES string of the molecule is COC(=O)c1ccc(F)cc1NC(=O)c1csc(Br)c1. The summed E-state index contributed by atoms with van der Waals surface area (Å²) < 4.78 is 18.7. The summed E-state index contributed by atoms with van der Waals surface area (Å²) in [4.78, 5) is 23.6. The van der Waals surface area contributed by atoms with Crippen LogP contribution >= 0.6 is 27.3 Å². The van der Waals surface area contributed by atoms with Crippen LogP contribution in [0.1, 0.15) is 20.7 Å². The lowest BCUT2D eigenvalue weighted by atomic mass is 10.1. The van der Waals surface area contributed by atoms with E-state index >= 15 is 0 Å². The summed E-state index contributed by atoms with van der Waals surface area (Å²) >= 11 is 4.60. The molecule has 0 radical (unpaired) electrons. The molecule has 2 aromatic rings. The second-order valence-electron chi connectivity index (χ2n) is 3.78. The van der Waals surface area contributed by atoms with Gasteiger partial charge in [0.2, 0.25) is 0 Å². The van der Waals surface area contributed by atoms with Crippen LogP contribution in [0.2, 0.25) is 0 Å². The molecule has 0 bridgehead atoms. The molecule has 0 saturated heterocycles. The highest BCUT2D eigenvalue weighted by molar-refractivity contribution is 9.11. The third-order valence-electron chi connectivity index (χ3n) is 2.46. The van der Waals surface area contributed by atoms with Gasteiger partial charge in [0.05, 0.1) is 27.7 Å². The van der Waals surface area contributed by atoms with Crippen LogP contribution in [0, 0.1) is 5.82 Å². The smallest absolute Gasteiger partial charge is 0.339 e. The summed E-state index contributed by atoms with van der Waals surface area (Å²) in [6, 6.07) is 5.10. The molecule has 20 heavy (non-hydrogen) atoms. The van der Waals surface area contributed by atoms with E-state index in [2.05, 4.69) is 26.0 Å². The van der Waals surface area contributed by atoms with Crippen molar-refractivity contribution in [1.82, 2.24) is 0 Å². The molecule has 7 heteroatoms. The van der Waals surface area contributed by atoms with Crippen molar-refractivity contribution in [2.24, 2.45) is 0 Å². The maximum atomic E-state index is 13.3. The number of halogens is 2. The Hall–Kier alpha value is -1.73.